The molecule has 1 saturated carbocycles. The Morgan fingerprint density at radius 1 is 1.24 bits per heavy atom. The van der Waals surface area contributed by atoms with Gasteiger partial charge in [-0.2, -0.15) is 0 Å². The lowest BCUT2D eigenvalue weighted by molar-refractivity contribution is 0.417. The summed E-state index contributed by atoms with van der Waals surface area (Å²) in [6.07, 6.45) is 2.31. The van der Waals surface area contributed by atoms with E-state index in [-0.39, 0.29) is 0 Å². The molecule has 1 fully saturated rings. The fourth-order valence-corrected chi connectivity index (χ4v) is 2.40. The molecule has 2 aliphatic rings. The number of amidine groups is 1. The number of nitrogens with zero attached hydrogens (tertiary/aromatic N) is 2. The van der Waals surface area contributed by atoms with Crippen molar-refractivity contribution in [2.24, 2.45) is 21.6 Å². The average molecular weight is 228 g/mol. The number of hydrogen-bond acceptors (Lipinski definition) is 4. The smallest absolute Gasteiger partial charge is 0.181 e. The molecular weight excluding hydrogens is 212 g/mol. The number of hydrogen-bond donors (Lipinski definition) is 2. The third-order valence-electron chi connectivity index (χ3n) is 3.46. The van der Waals surface area contributed by atoms with Crippen molar-refractivity contribution in [1.29, 1.82) is 0 Å². The summed E-state index contributed by atoms with van der Waals surface area (Å²) in [7, 11) is 0. The molecule has 0 spiro atoms. The first-order valence-electron chi connectivity index (χ1n) is 5.90. The third kappa shape index (κ3) is 1.52. The first-order valence-corrected chi connectivity index (χ1v) is 5.90. The normalized spacial score (nSPS) is 27.8. The summed E-state index contributed by atoms with van der Waals surface area (Å²) in [5.41, 5.74) is 13.9. The number of benzene rings is 1. The van der Waals surface area contributed by atoms with Crippen LogP contribution in [0.25, 0.3) is 0 Å². The molecule has 4 N–H and O–H groups in total. The first kappa shape index (κ1) is 10.3. The lowest BCUT2D eigenvalue weighted by atomic mass is 9.95. The van der Waals surface area contributed by atoms with Crippen molar-refractivity contribution in [1.82, 2.24) is 0 Å². The summed E-state index contributed by atoms with van der Waals surface area (Å²) < 4.78 is 0. The van der Waals surface area contributed by atoms with Crippen molar-refractivity contribution in [2.75, 3.05) is 5.73 Å². The van der Waals surface area contributed by atoms with Gasteiger partial charge in [-0.3, -0.25) is 4.99 Å². The summed E-state index contributed by atoms with van der Waals surface area (Å²) in [5, 5.41) is 0. The van der Waals surface area contributed by atoms with Crippen LogP contribution >= 0.6 is 0 Å². The van der Waals surface area contributed by atoms with Crippen molar-refractivity contribution < 1.29 is 0 Å². The maximum Gasteiger partial charge on any atom is 0.181 e. The van der Waals surface area contributed by atoms with Gasteiger partial charge >= 0.3 is 0 Å². The molecule has 1 aromatic carbocycles. The van der Waals surface area contributed by atoms with Crippen LogP contribution in [-0.4, -0.2) is 11.5 Å². The van der Waals surface area contributed by atoms with Crippen LogP contribution in [0.1, 0.15) is 25.3 Å². The second kappa shape index (κ2) is 3.32. The number of aliphatic imine (C=N–C) groups is 2. The van der Waals surface area contributed by atoms with Crippen molar-refractivity contribution in [3.05, 3.63) is 29.8 Å². The van der Waals surface area contributed by atoms with Crippen molar-refractivity contribution in [3.8, 4) is 0 Å². The zero-order chi connectivity index (χ0) is 12.0. The molecule has 1 aliphatic carbocycles. The molecule has 0 amide bonds. The molecule has 17 heavy (non-hydrogen) atoms. The Kier molecular flexibility index (Phi) is 2.02. The molecule has 0 aromatic heterocycles. The van der Waals surface area contributed by atoms with Gasteiger partial charge < -0.3 is 11.5 Å². The monoisotopic (exact) mass is 228 g/mol. The third-order valence-corrected chi connectivity index (χ3v) is 3.46. The van der Waals surface area contributed by atoms with E-state index < -0.39 is 5.66 Å². The van der Waals surface area contributed by atoms with E-state index in [1.807, 2.05) is 31.2 Å². The predicted octanol–water partition coefficient (Wildman–Crippen LogP) is 1.66. The van der Waals surface area contributed by atoms with Gasteiger partial charge in [0.2, 0.25) is 0 Å². The summed E-state index contributed by atoms with van der Waals surface area (Å²) in [6, 6.07) is 7.82. The van der Waals surface area contributed by atoms with Crippen LogP contribution < -0.4 is 11.5 Å². The molecule has 0 radical (unpaired) electrons. The summed E-state index contributed by atoms with van der Waals surface area (Å²) in [5.74, 6) is 1.03. The van der Waals surface area contributed by atoms with Gasteiger partial charge in [0, 0.05) is 17.2 Å². The Bertz CT molecular complexity index is 508. The van der Waals surface area contributed by atoms with Crippen molar-refractivity contribution in [3.63, 3.8) is 0 Å². The van der Waals surface area contributed by atoms with Gasteiger partial charge in [-0.15, -0.1) is 0 Å². The Morgan fingerprint density at radius 3 is 2.53 bits per heavy atom. The van der Waals surface area contributed by atoms with Gasteiger partial charge in [0.1, 0.15) is 5.84 Å². The fraction of sp³-hybridized carbons (Fsp3) is 0.385. The molecule has 0 saturated heterocycles. The van der Waals surface area contributed by atoms with Crippen LogP contribution in [0.5, 0.6) is 0 Å². The predicted molar refractivity (Wildman–Crippen MR) is 70.0 cm³/mol. The molecule has 88 valence electrons. The topological polar surface area (TPSA) is 76.8 Å². The van der Waals surface area contributed by atoms with E-state index in [1.165, 1.54) is 0 Å². The second-order valence-electron chi connectivity index (χ2n) is 4.82. The highest BCUT2D eigenvalue weighted by atomic mass is 15.2. The van der Waals surface area contributed by atoms with E-state index in [2.05, 4.69) is 4.99 Å². The molecule has 4 nitrogen and oxygen atoms in total. The van der Waals surface area contributed by atoms with E-state index in [4.69, 9.17) is 16.5 Å². The highest BCUT2D eigenvalue weighted by Gasteiger charge is 2.49. The molecule has 0 bridgehead atoms. The molecule has 4 heteroatoms. The molecule has 1 aliphatic heterocycles. The zero-order valence-electron chi connectivity index (χ0n) is 9.85. The number of nitrogen functional groups attached to an aromatic ring is 1. The molecule has 1 heterocycles. The Balaban J connectivity index is 2.14. The van der Waals surface area contributed by atoms with Gasteiger partial charge in [-0.05, 0) is 31.9 Å². The summed E-state index contributed by atoms with van der Waals surface area (Å²) in [6.45, 7) is 1.91. The maximum absolute atomic E-state index is 5.88. The van der Waals surface area contributed by atoms with Crippen molar-refractivity contribution in [2.45, 2.75) is 25.4 Å². The highest BCUT2D eigenvalue weighted by Crippen LogP contribution is 2.51. The summed E-state index contributed by atoms with van der Waals surface area (Å²) in [4.78, 5) is 9.32. The average Bonchev–Trinajstić information content (AvgIpc) is 3.08. The van der Waals surface area contributed by atoms with E-state index >= 15 is 0 Å². The van der Waals surface area contributed by atoms with Crippen molar-refractivity contribution >= 4 is 17.2 Å². The standard InChI is InChI=1S/C13H16N4/c1-8-12(15)17-13(16-8,9-5-6-9)10-3-2-4-11(14)7-10/h2-4,7,9H,5-6,14H2,1H3,(H2,15,17). The highest BCUT2D eigenvalue weighted by molar-refractivity contribution is 6.41. The minimum Gasteiger partial charge on any atom is -0.399 e. The fourth-order valence-electron chi connectivity index (χ4n) is 2.40. The van der Waals surface area contributed by atoms with Gasteiger partial charge in [-0.25, -0.2) is 4.99 Å². The van der Waals surface area contributed by atoms with E-state index in [9.17, 15) is 0 Å². The molecule has 3 rings (SSSR count). The first-order chi connectivity index (χ1) is 8.12. The number of rotatable bonds is 2. The van der Waals surface area contributed by atoms with Crippen LogP contribution in [0.15, 0.2) is 34.3 Å². The van der Waals surface area contributed by atoms with Crippen LogP contribution in [0.2, 0.25) is 0 Å². The van der Waals surface area contributed by atoms with Gasteiger partial charge in [0.25, 0.3) is 0 Å². The quantitative estimate of drug-likeness (QED) is 0.755. The lowest BCUT2D eigenvalue weighted by Gasteiger charge is -2.23. The van der Waals surface area contributed by atoms with Crippen LogP contribution in [-0.2, 0) is 5.66 Å². The largest absolute Gasteiger partial charge is 0.399 e. The summed E-state index contributed by atoms with van der Waals surface area (Å²) >= 11 is 0. The molecule has 1 unspecified atom stereocenters. The number of nitrogens with two attached hydrogens (primary N) is 2. The molecule has 1 aromatic rings. The van der Waals surface area contributed by atoms with Gasteiger partial charge in [-0.1, -0.05) is 12.1 Å². The van der Waals surface area contributed by atoms with Gasteiger partial charge in [0.05, 0.1) is 5.71 Å². The second-order valence-corrected chi connectivity index (χ2v) is 4.82. The van der Waals surface area contributed by atoms with E-state index in [1.54, 1.807) is 0 Å². The molecule has 1 atom stereocenters. The minimum atomic E-state index is -0.496. The Hall–Kier alpha value is -1.84. The lowest BCUT2D eigenvalue weighted by Crippen LogP contribution is -2.23. The van der Waals surface area contributed by atoms with Gasteiger partial charge in [0.15, 0.2) is 5.66 Å². The molecular formula is C13H16N4. The van der Waals surface area contributed by atoms with E-state index in [0.717, 1.165) is 29.8 Å². The maximum atomic E-state index is 5.88. The van der Waals surface area contributed by atoms with Crippen LogP contribution in [0, 0.1) is 5.92 Å². The zero-order valence-corrected chi connectivity index (χ0v) is 9.85. The minimum absolute atomic E-state index is 0.472. The Morgan fingerprint density at radius 2 is 2.00 bits per heavy atom. The van der Waals surface area contributed by atoms with Crippen LogP contribution in [0.3, 0.4) is 0 Å². The SMILES string of the molecule is CC1=NC(c2cccc(N)c2)(C2CC2)N=C1N. The number of anilines is 1. The van der Waals surface area contributed by atoms with Crippen LogP contribution in [0.4, 0.5) is 5.69 Å². The van der Waals surface area contributed by atoms with E-state index in [0.29, 0.717) is 11.8 Å². The Labute approximate surface area is 100 Å².